The van der Waals surface area contributed by atoms with E-state index in [4.69, 9.17) is 16.3 Å². The van der Waals surface area contributed by atoms with Crippen molar-refractivity contribution >= 4 is 39.1 Å². The summed E-state index contributed by atoms with van der Waals surface area (Å²) in [6, 6.07) is 12.6. The lowest BCUT2D eigenvalue weighted by molar-refractivity contribution is -0.141. The van der Waals surface area contributed by atoms with Crippen LogP contribution in [0.2, 0.25) is 5.02 Å². The van der Waals surface area contributed by atoms with E-state index < -0.39 is 34.1 Å². The first kappa shape index (κ1) is 28.5. The maximum atomic E-state index is 13.7. The van der Waals surface area contributed by atoms with Crippen molar-refractivity contribution in [3.8, 4) is 5.75 Å². The largest absolute Gasteiger partial charge is 0.497 e. The Hall–Kier alpha value is -2.78. The number of amides is 2. The smallest absolute Gasteiger partial charge is 0.244 e. The number of methoxy groups -OCH3 is 1. The first-order valence-corrected chi connectivity index (χ1v) is 13.5. The molecule has 8 nitrogen and oxygen atoms in total. The Balaban J connectivity index is 2.48. The molecule has 35 heavy (non-hydrogen) atoms. The van der Waals surface area contributed by atoms with Crippen molar-refractivity contribution in [3.63, 3.8) is 0 Å². The quantitative estimate of drug-likeness (QED) is 0.510. The highest BCUT2D eigenvalue weighted by molar-refractivity contribution is 7.92. The molecule has 0 aliphatic rings. The maximum Gasteiger partial charge on any atom is 0.244 e. The second-order valence-corrected chi connectivity index (χ2v) is 11.6. The van der Waals surface area contributed by atoms with Crippen molar-refractivity contribution < 1.29 is 22.7 Å². The summed E-state index contributed by atoms with van der Waals surface area (Å²) in [5.74, 6) is -0.224. The highest BCUT2D eigenvalue weighted by Gasteiger charge is 2.33. The molecule has 0 bridgehead atoms. The number of ether oxygens (including phenoxy) is 1. The number of carbonyl (C=O) groups is 2. The van der Waals surface area contributed by atoms with E-state index in [0.717, 1.165) is 16.1 Å². The standard InChI is InChI=1S/C25H34ClN3O5S/c1-7-22(24(31)27-25(2,3)4)28(16-18-10-8-13-21(14-18)34-5)23(30)17-29(35(6,32)33)20-12-9-11-19(26)15-20/h8-15,22H,7,16-17H2,1-6H3,(H,27,31). The summed E-state index contributed by atoms with van der Waals surface area (Å²) in [6.45, 7) is 6.99. The van der Waals surface area contributed by atoms with Crippen LogP contribution >= 0.6 is 11.6 Å². The summed E-state index contributed by atoms with van der Waals surface area (Å²) >= 11 is 6.07. The van der Waals surface area contributed by atoms with Gasteiger partial charge in [-0.15, -0.1) is 0 Å². The van der Waals surface area contributed by atoms with Crippen LogP contribution in [0.4, 0.5) is 5.69 Å². The number of sulfonamides is 1. The van der Waals surface area contributed by atoms with Crippen LogP contribution in [-0.2, 0) is 26.2 Å². The number of nitrogens with zero attached hydrogens (tertiary/aromatic N) is 2. The van der Waals surface area contributed by atoms with Gasteiger partial charge in [-0.1, -0.05) is 36.7 Å². The van der Waals surface area contributed by atoms with Gasteiger partial charge in [0.1, 0.15) is 18.3 Å². The number of rotatable bonds is 10. The fraction of sp³-hybridized carbons (Fsp3) is 0.440. The molecule has 10 heteroatoms. The van der Waals surface area contributed by atoms with Crippen LogP contribution in [0.3, 0.4) is 0 Å². The molecule has 0 radical (unpaired) electrons. The van der Waals surface area contributed by atoms with E-state index in [1.807, 2.05) is 33.8 Å². The Labute approximate surface area is 213 Å². The summed E-state index contributed by atoms with van der Waals surface area (Å²) in [7, 11) is -2.28. The molecule has 0 heterocycles. The highest BCUT2D eigenvalue weighted by atomic mass is 35.5. The molecule has 0 aliphatic carbocycles. The van der Waals surface area contributed by atoms with E-state index in [0.29, 0.717) is 17.2 Å². The van der Waals surface area contributed by atoms with Crippen molar-refractivity contribution in [2.45, 2.75) is 52.2 Å². The Bertz CT molecular complexity index is 1150. The maximum absolute atomic E-state index is 13.7. The van der Waals surface area contributed by atoms with Gasteiger partial charge in [0.2, 0.25) is 21.8 Å². The summed E-state index contributed by atoms with van der Waals surface area (Å²) in [5.41, 5.74) is 0.504. The zero-order valence-electron chi connectivity index (χ0n) is 21.0. The van der Waals surface area contributed by atoms with Gasteiger partial charge in [-0.2, -0.15) is 0 Å². The number of halogens is 1. The van der Waals surface area contributed by atoms with Gasteiger partial charge in [-0.3, -0.25) is 13.9 Å². The first-order chi connectivity index (χ1) is 16.2. The summed E-state index contributed by atoms with van der Waals surface area (Å²) < 4.78 is 31.5. The highest BCUT2D eigenvalue weighted by Crippen LogP contribution is 2.23. The Morgan fingerprint density at radius 3 is 2.31 bits per heavy atom. The molecule has 0 aromatic heterocycles. The van der Waals surface area contributed by atoms with Crippen LogP contribution in [0.5, 0.6) is 5.75 Å². The molecule has 0 aliphatic heterocycles. The van der Waals surface area contributed by atoms with Gasteiger partial charge in [0, 0.05) is 17.1 Å². The zero-order valence-corrected chi connectivity index (χ0v) is 22.6. The zero-order chi connectivity index (χ0) is 26.4. The number of benzene rings is 2. The van der Waals surface area contributed by atoms with Crippen molar-refractivity contribution in [2.75, 3.05) is 24.2 Å². The monoisotopic (exact) mass is 523 g/mol. The minimum Gasteiger partial charge on any atom is -0.497 e. The predicted molar refractivity (Wildman–Crippen MR) is 139 cm³/mol. The lowest BCUT2D eigenvalue weighted by Gasteiger charge is -2.34. The third kappa shape index (κ3) is 8.43. The van der Waals surface area contributed by atoms with Crippen LogP contribution in [0.25, 0.3) is 0 Å². The minimum absolute atomic E-state index is 0.0965. The van der Waals surface area contributed by atoms with Gasteiger partial charge >= 0.3 is 0 Å². The van der Waals surface area contributed by atoms with Crippen molar-refractivity contribution in [2.24, 2.45) is 0 Å². The van der Waals surface area contributed by atoms with E-state index in [-0.39, 0.29) is 18.1 Å². The van der Waals surface area contributed by atoms with E-state index in [9.17, 15) is 18.0 Å². The first-order valence-electron chi connectivity index (χ1n) is 11.2. The van der Waals surface area contributed by atoms with Crippen LogP contribution in [-0.4, -0.2) is 56.6 Å². The fourth-order valence-electron chi connectivity index (χ4n) is 3.58. The van der Waals surface area contributed by atoms with Gasteiger partial charge in [-0.05, 0) is 63.1 Å². The van der Waals surface area contributed by atoms with Gasteiger partial charge in [0.05, 0.1) is 19.1 Å². The van der Waals surface area contributed by atoms with E-state index in [2.05, 4.69) is 5.32 Å². The molecule has 2 amide bonds. The Morgan fingerprint density at radius 2 is 1.77 bits per heavy atom. The number of carbonyl (C=O) groups excluding carboxylic acids is 2. The van der Waals surface area contributed by atoms with E-state index in [1.165, 1.54) is 11.0 Å². The number of anilines is 1. The molecule has 2 rings (SSSR count). The average molecular weight is 524 g/mol. The molecule has 0 fully saturated rings. The second-order valence-electron chi connectivity index (χ2n) is 9.29. The number of nitrogens with one attached hydrogen (secondary N) is 1. The van der Waals surface area contributed by atoms with Gasteiger partial charge in [0.15, 0.2) is 0 Å². The van der Waals surface area contributed by atoms with Crippen LogP contribution in [0.15, 0.2) is 48.5 Å². The summed E-state index contributed by atoms with van der Waals surface area (Å²) in [5, 5.41) is 3.27. The normalized spacial score (nSPS) is 12.5. The molecular formula is C25H34ClN3O5S. The third-order valence-corrected chi connectivity index (χ3v) is 6.52. The SMILES string of the molecule is CCC(C(=O)NC(C)(C)C)N(Cc1cccc(OC)c1)C(=O)CN(c1cccc(Cl)c1)S(C)(=O)=O. The molecular weight excluding hydrogens is 490 g/mol. The molecule has 1 N–H and O–H groups in total. The number of hydrogen-bond donors (Lipinski definition) is 1. The number of hydrogen-bond acceptors (Lipinski definition) is 5. The molecule has 1 atom stereocenters. The molecule has 2 aromatic rings. The summed E-state index contributed by atoms with van der Waals surface area (Å²) in [4.78, 5) is 28.2. The van der Waals surface area contributed by atoms with Gasteiger partial charge < -0.3 is 15.0 Å². The van der Waals surface area contributed by atoms with Gasteiger partial charge in [0.25, 0.3) is 0 Å². The van der Waals surface area contributed by atoms with E-state index >= 15 is 0 Å². The van der Waals surface area contributed by atoms with Crippen LogP contribution < -0.4 is 14.4 Å². The van der Waals surface area contributed by atoms with Crippen molar-refractivity contribution in [1.82, 2.24) is 10.2 Å². The molecule has 1 unspecified atom stereocenters. The van der Waals surface area contributed by atoms with Crippen molar-refractivity contribution in [1.29, 1.82) is 0 Å². The second kappa shape index (κ2) is 11.8. The molecule has 0 spiro atoms. The van der Waals surface area contributed by atoms with Crippen molar-refractivity contribution in [3.05, 3.63) is 59.1 Å². The summed E-state index contributed by atoms with van der Waals surface area (Å²) in [6.07, 6.45) is 1.37. The fourth-order valence-corrected chi connectivity index (χ4v) is 4.61. The molecule has 0 saturated carbocycles. The third-order valence-electron chi connectivity index (χ3n) is 5.15. The minimum atomic E-state index is -3.82. The molecule has 192 valence electrons. The predicted octanol–water partition coefficient (Wildman–Crippen LogP) is 3.84. The topological polar surface area (TPSA) is 96.0 Å². The van der Waals surface area contributed by atoms with Crippen LogP contribution in [0, 0.1) is 0 Å². The lowest BCUT2D eigenvalue weighted by Crippen LogP contribution is -2.55. The Morgan fingerprint density at radius 1 is 1.11 bits per heavy atom. The Kier molecular flexibility index (Phi) is 9.57. The van der Waals surface area contributed by atoms with E-state index in [1.54, 1.807) is 43.5 Å². The van der Waals surface area contributed by atoms with Crippen LogP contribution in [0.1, 0.15) is 39.7 Å². The molecule has 0 saturated heterocycles. The lowest BCUT2D eigenvalue weighted by atomic mass is 10.1. The molecule has 2 aromatic carbocycles. The van der Waals surface area contributed by atoms with Gasteiger partial charge in [-0.25, -0.2) is 8.42 Å². The average Bonchev–Trinajstić information content (AvgIpc) is 2.75.